The van der Waals surface area contributed by atoms with E-state index in [0.29, 0.717) is 5.25 Å². The first-order valence-electron chi connectivity index (χ1n) is 4.44. The number of rotatable bonds is 4. The summed E-state index contributed by atoms with van der Waals surface area (Å²) in [5.41, 5.74) is 0. The highest BCUT2D eigenvalue weighted by Gasteiger charge is 2.03. The summed E-state index contributed by atoms with van der Waals surface area (Å²) in [6.45, 7) is 12.6. The second-order valence-corrected chi connectivity index (χ2v) is 5.24. The molecule has 0 aromatic rings. The van der Waals surface area contributed by atoms with Gasteiger partial charge in [0.25, 0.3) is 0 Å². The van der Waals surface area contributed by atoms with Crippen LogP contribution >= 0.6 is 11.8 Å². The summed E-state index contributed by atoms with van der Waals surface area (Å²) in [5.74, 6) is 1.06. The minimum absolute atomic E-state index is 0.285. The second-order valence-electron chi connectivity index (χ2n) is 3.45. The van der Waals surface area contributed by atoms with Gasteiger partial charge in [-0.1, -0.05) is 13.8 Å². The molecular formula is C10H20OS. The van der Waals surface area contributed by atoms with Crippen LogP contribution in [0.15, 0.2) is 10.7 Å². The molecule has 0 fully saturated rings. The Balaban J connectivity index is 4.06. The lowest BCUT2D eigenvalue weighted by molar-refractivity contribution is 0.148. The van der Waals surface area contributed by atoms with Crippen LogP contribution in [-0.4, -0.2) is 11.4 Å². The molecule has 0 saturated carbocycles. The topological polar surface area (TPSA) is 9.23 Å². The lowest BCUT2D eigenvalue weighted by Gasteiger charge is -2.14. The van der Waals surface area contributed by atoms with Gasteiger partial charge in [-0.05, 0) is 27.7 Å². The van der Waals surface area contributed by atoms with Crippen molar-refractivity contribution in [2.24, 2.45) is 0 Å². The predicted molar refractivity (Wildman–Crippen MR) is 57.3 cm³/mol. The number of allylic oxidation sites excluding steroid dienone is 2. The van der Waals surface area contributed by atoms with Gasteiger partial charge in [0, 0.05) is 10.2 Å². The lowest BCUT2D eigenvalue weighted by Crippen LogP contribution is -2.01. The number of hydrogen-bond acceptors (Lipinski definition) is 2. The van der Waals surface area contributed by atoms with E-state index in [2.05, 4.69) is 34.6 Å². The van der Waals surface area contributed by atoms with E-state index in [1.165, 1.54) is 4.91 Å². The molecule has 12 heavy (non-hydrogen) atoms. The third-order valence-corrected chi connectivity index (χ3v) is 2.43. The maximum atomic E-state index is 5.57. The molecule has 0 N–H and O–H groups in total. The normalized spacial score (nSPS) is 13.7. The van der Waals surface area contributed by atoms with Gasteiger partial charge in [-0.3, -0.25) is 0 Å². The average Bonchev–Trinajstić information content (AvgIpc) is 1.84. The van der Waals surface area contributed by atoms with Crippen LogP contribution in [0.5, 0.6) is 0 Å². The summed E-state index contributed by atoms with van der Waals surface area (Å²) < 4.78 is 5.57. The van der Waals surface area contributed by atoms with Gasteiger partial charge in [0.15, 0.2) is 0 Å². The molecule has 0 saturated heterocycles. The largest absolute Gasteiger partial charge is 0.495 e. The highest BCUT2D eigenvalue weighted by atomic mass is 32.2. The average molecular weight is 188 g/mol. The van der Waals surface area contributed by atoms with E-state index in [9.17, 15) is 0 Å². The third kappa shape index (κ3) is 5.53. The van der Waals surface area contributed by atoms with Crippen LogP contribution in [-0.2, 0) is 4.74 Å². The van der Waals surface area contributed by atoms with E-state index >= 15 is 0 Å². The van der Waals surface area contributed by atoms with Gasteiger partial charge in [-0.25, -0.2) is 0 Å². The fraction of sp³-hybridized carbons (Fsp3) is 0.800. The van der Waals surface area contributed by atoms with Crippen LogP contribution in [0.4, 0.5) is 0 Å². The van der Waals surface area contributed by atoms with Gasteiger partial charge in [0.1, 0.15) is 5.76 Å². The van der Waals surface area contributed by atoms with Crippen molar-refractivity contribution in [3.05, 3.63) is 10.7 Å². The van der Waals surface area contributed by atoms with Gasteiger partial charge in [0.2, 0.25) is 0 Å². The molecule has 0 aromatic carbocycles. The first kappa shape index (κ1) is 11.9. The van der Waals surface area contributed by atoms with E-state index in [-0.39, 0.29) is 6.10 Å². The molecule has 72 valence electrons. The molecule has 0 aromatic heterocycles. The van der Waals surface area contributed by atoms with E-state index in [4.69, 9.17) is 4.74 Å². The van der Waals surface area contributed by atoms with Crippen molar-refractivity contribution in [1.29, 1.82) is 0 Å². The number of ether oxygens (including phenoxy) is 1. The first-order valence-corrected chi connectivity index (χ1v) is 5.32. The van der Waals surface area contributed by atoms with Crippen LogP contribution in [0.3, 0.4) is 0 Å². The molecule has 1 nitrogen and oxygen atoms in total. The van der Waals surface area contributed by atoms with Crippen molar-refractivity contribution >= 4 is 11.8 Å². The highest BCUT2D eigenvalue weighted by Crippen LogP contribution is 2.24. The van der Waals surface area contributed by atoms with Gasteiger partial charge >= 0.3 is 0 Å². The van der Waals surface area contributed by atoms with Crippen LogP contribution in [0.2, 0.25) is 0 Å². The Morgan fingerprint density at radius 2 is 1.58 bits per heavy atom. The zero-order valence-corrected chi connectivity index (χ0v) is 9.79. The minimum Gasteiger partial charge on any atom is -0.495 e. The molecule has 0 heterocycles. The summed E-state index contributed by atoms with van der Waals surface area (Å²) in [5, 5.41) is 0.635. The first-order chi connectivity index (χ1) is 5.43. The smallest absolute Gasteiger partial charge is 0.102 e. The molecule has 0 bridgehead atoms. The molecule has 0 aliphatic carbocycles. The SMILES string of the molecule is C/C(OC(C)C)=C(\C)SC(C)C. The maximum Gasteiger partial charge on any atom is 0.102 e. The maximum absolute atomic E-state index is 5.57. The van der Waals surface area contributed by atoms with E-state index in [0.717, 1.165) is 5.76 Å². The van der Waals surface area contributed by atoms with E-state index in [1.54, 1.807) is 0 Å². The van der Waals surface area contributed by atoms with Gasteiger partial charge in [0.05, 0.1) is 6.10 Å². The van der Waals surface area contributed by atoms with Crippen molar-refractivity contribution < 1.29 is 4.74 Å². The van der Waals surface area contributed by atoms with Crippen LogP contribution in [0.25, 0.3) is 0 Å². The van der Waals surface area contributed by atoms with Crippen LogP contribution in [0, 0.1) is 0 Å². The van der Waals surface area contributed by atoms with Crippen LogP contribution in [0.1, 0.15) is 41.5 Å². The van der Waals surface area contributed by atoms with Gasteiger partial charge in [-0.2, -0.15) is 0 Å². The summed E-state index contributed by atoms with van der Waals surface area (Å²) in [7, 11) is 0. The zero-order chi connectivity index (χ0) is 9.72. The Labute approximate surface area is 80.6 Å². The fourth-order valence-electron chi connectivity index (χ4n) is 0.873. The molecular weight excluding hydrogens is 168 g/mol. The van der Waals surface area contributed by atoms with Crippen molar-refractivity contribution in [1.82, 2.24) is 0 Å². The Bertz CT molecular complexity index is 141. The molecule has 0 aliphatic rings. The Morgan fingerprint density at radius 3 is 1.92 bits per heavy atom. The molecule has 0 amide bonds. The van der Waals surface area contributed by atoms with E-state index in [1.807, 2.05) is 18.7 Å². The van der Waals surface area contributed by atoms with Gasteiger partial charge < -0.3 is 4.74 Å². The Kier molecular flexibility index (Phi) is 5.47. The number of hydrogen-bond donors (Lipinski definition) is 0. The zero-order valence-electron chi connectivity index (χ0n) is 8.97. The van der Waals surface area contributed by atoms with Crippen molar-refractivity contribution in [3.8, 4) is 0 Å². The third-order valence-electron chi connectivity index (χ3n) is 1.32. The number of thioether (sulfide) groups is 1. The summed E-state index contributed by atoms with van der Waals surface area (Å²) >= 11 is 1.86. The van der Waals surface area contributed by atoms with Gasteiger partial charge in [-0.15, -0.1) is 11.8 Å². The fourth-order valence-corrected chi connectivity index (χ4v) is 1.79. The summed E-state index contributed by atoms with van der Waals surface area (Å²) in [4.78, 5) is 1.29. The van der Waals surface area contributed by atoms with E-state index < -0.39 is 0 Å². The minimum atomic E-state index is 0.285. The molecule has 0 radical (unpaired) electrons. The lowest BCUT2D eigenvalue weighted by atomic mass is 10.4. The van der Waals surface area contributed by atoms with Crippen molar-refractivity contribution in [2.45, 2.75) is 52.9 Å². The molecule has 0 aliphatic heterocycles. The molecule has 0 atom stereocenters. The Morgan fingerprint density at radius 1 is 1.08 bits per heavy atom. The Hall–Kier alpha value is -0.110. The van der Waals surface area contributed by atoms with Crippen molar-refractivity contribution in [2.75, 3.05) is 0 Å². The second kappa shape index (κ2) is 5.52. The molecule has 0 rings (SSSR count). The predicted octanol–water partition coefficient (Wildman–Crippen LogP) is 3.80. The highest BCUT2D eigenvalue weighted by molar-refractivity contribution is 8.03. The van der Waals surface area contributed by atoms with Crippen molar-refractivity contribution in [3.63, 3.8) is 0 Å². The standard InChI is InChI=1S/C10H20OS/c1-7(2)11-9(5)10(6)12-8(3)4/h7-8H,1-6H3/b10-9-. The monoisotopic (exact) mass is 188 g/mol. The molecule has 0 unspecified atom stereocenters. The molecule has 2 heteroatoms. The van der Waals surface area contributed by atoms with Crippen LogP contribution < -0.4 is 0 Å². The summed E-state index contributed by atoms with van der Waals surface area (Å²) in [6, 6.07) is 0. The summed E-state index contributed by atoms with van der Waals surface area (Å²) in [6.07, 6.45) is 0.285. The quantitative estimate of drug-likeness (QED) is 0.620. The molecule has 0 spiro atoms.